The van der Waals surface area contributed by atoms with Crippen molar-refractivity contribution in [2.75, 3.05) is 0 Å². The van der Waals surface area contributed by atoms with Crippen LogP contribution in [0.25, 0.3) is 33.9 Å². The Labute approximate surface area is 169 Å². The largest absolute Gasteiger partial charge is 0.237 e. The van der Waals surface area contributed by atoms with Crippen LogP contribution in [0, 0.1) is 6.92 Å². The molecule has 0 spiro atoms. The summed E-state index contributed by atoms with van der Waals surface area (Å²) in [7, 11) is 0. The first-order valence-electron chi connectivity index (χ1n) is 9.62. The molecule has 3 aromatic carbocycles. The van der Waals surface area contributed by atoms with E-state index in [1.165, 1.54) is 0 Å². The predicted molar refractivity (Wildman–Crippen MR) is 116 cm³/mol. The van der Waals surface area contributed by atoms with E-state index < -0.39 is 0 Å². The highest BCUT2D eigenvalue weighted by Crippen LogP contribution is 2.31. The summed E-state index contributed by atoms with van der Waals surface area (Å²) in [6.07, 6.45) is 1.92. The van der Waals surface area contributed by atoms with Gasteiger partial charge in [-0.1, -0.05) is 66.7 Å². The normalized spacial score (nSPS) is 10.9. The van der Waals surface area contributed by atoms with Gasteiger partial charge in [0.15, 0.2) is 0 Å². The van der Waals surface area contributed by atoms with Gasteiger partial charge in [-0.05, 0) is 37.3 Å². The van der Waals surface area contributed by atoms with Crippen LogP contribution in [0.1, 0.15) is 5.69 Å². The van der Waals surface area contributed by atoms with Crippen molar-refractivity contribution in [2.24, 2.45) is 0 Å². The molecule has 0 aliphatic heterocycles. The number of para-hydroxylation sites is 2. The first-order chi connectivity index (χ1) is 14.3. The minimum absolute atomic E-state index is 0.941. The van der Waals surface area contributed by atoms with Gasteiger partial charge in [-0.2, -0.15) is 10.2 Å². The zero-order valence-electron chi connectivity index (χ0n) is 16.1. The van der Waals surface area contributed by atoms with Crippen LogP contribution in [0.15, 0.2) is 103 Å². The number of hydrogen-bond acceptors (Lipinski definition) is 2. The Kier molecular flexibility index (Phi) is 4.30. The highest BCUT2D eigenvalue weighted by molar-refractivity contribution is 5.71. The van der Waals surface area contributed by atoms with Crippen LogP contribution in [-0.2, 0) is 0 Å². The van der Waals surface area contributed by atoms with Gasteiger partial charge in [0.05, 0.1) is 34.7 Å². The molecule has 29 heavy (non-hydrogen) atoms. The average molecular weight is 376 g/mol. The Morgan fingerprint density at radius 3 is 1.83 bits per heavy atom. The monoisotopic (exact) mass is 376 g/mol. The Balaban J connectivity index is 1.69. The summed E-state index contributed by atoms with van der Waals surface area (Å²) >= 11 is 0. The quantitative estimate of drug-likeness (QED) is 0.403. The molecule has 0 atom stereocenters. The molecule has 2 heterocycles. The van der Waals surface area contributed by atoms with Crippen molar-refractivity contribution in [3.63, 3.8) is 0 Å². The molecule has 0 N–H and O–H groups in total. The van der Waals surface area contributed by atoms with E-state index >= 15 is 0 Å². The zero-order valence-corrected chi connectivity index (χ0v) is 16.1. The molecule has 140 valence electrons. The van der Waals surface area contributed by atoms with E-state index in [4.69, 9.17) is 5.10 Å². The fraction of sp³-hybridized carbons (Fsp3) is 0.0400. The predicted octanol–water partition coefficient (Wildman–Crippen LogP) is 5.70. The van der Waals surface area contributed by atoms with Crippen LogP contribution >= 0.6 is 0 Å². The summed E-state index contributed by atoms with van der Waals surface area (Å²) in [5.41, 5.74) is 7.27. The highest BCUT2D eigenvalue weighted by Gasteiger charge is 2.18. The van der Waals surface area contributed by atoms with Crippen LogP contribution in [-0.4, -0.2) is 19.6 Å². The second-order valence-corrected chi connectivity index (χ2v) is 6.92. The molecule has 0 bridgehead atoms. The Hall–Kier alpha value is -3.92. The molecule has 0 radical (unpaired) electrons. The highest BCUT2D eigenvalue weighted by atomic mass is 15.3. The van der Waals surface area contributed by atoms with Crippen molar-refractivity contribution in [1.29, 1.82) is 0 Å². The van der Waals surface area contributed by atoms with E-state index in [0.29, 0.717) is 0 Å². The Bertz CT molecular complexity index is 1240. The van der Waals surface area contributed by atoms with Gasteiger partial charge in [-0.3, -0.25) is 0 Å². The first-order valence-corrected chi connectivity index (χ1v) is 9.62. The molecule has 5 aromatic rings. The van der Waals surface area contributed by atoms with Crippen LogP contribution in [0.2, 0.25) is 0 Å². The molecular weight excluding hydrogens is 356 g/mol. The van der Waals surface area contributed by atoms with Gasteiger partial charge in [0.25, 0.3) is 0 Å². The summed E-state index contributed by atoms with van der Waals surface area (Å²) in [5.74, 6) is 0. The zero-order chi connectivity index (χ0) is 19.6. The van der Waals surface area contributed by atoms with Crippen LogP contribution < -0.4 is 0 Å². The minimum atomic E-state index is 0.941. The molecule has 2 aromatic heterocycles. The van der Waals surface area contributed by atoms with Gasteiger partial charge in [0, 0.05) is 11.1 Å². The molecule has 0 unspecified atom stereocenters. The van der Waals surface area contributed by atoms with E-state index in [1.54, 1.807) is 0 Å². The number of aromatic nitrogens is 4. The molecule has 0 aliphatic rings. The minimum Gasteiger partial charge on any atom is -0.237 e. The third-order valence-electron chi connectivity index (χ3n) is 5.07. The summed E-state index contributed by atoms with van der Waals surface area (Å²) in [5, 5.41) is 9.58. The standard InChI is InChI=1S/C25H20N4/c1-19-23(18-26-28(19)21-13-7-3-8-14-21)25-17-24(20-11-5-2-6-12-20)27-29(25)22-15-9-4-10-16-22/h2-18H,1H3. The molecule has 0 saturated heterocycles. The fourth-order valence-electron chi connectivity index (χ4n) is 3.58. The molecule has 0 saturated carbocycles. The van der Waals surface area contributed by atoms with Gasteiger partial charge in [-0.15, -0.1) is 0 Å². The number of rotatable bonds is 4. The average Bonchev–Trinajstić information content (AvgIpc) is 3.39. The Morgan fingerprint density at radius 2 is 1.21 bits per heavy atom. The summed E-state index contributed by atoms with van der Waals surface area (Å²) in [6.45, 7) is 2.10. The third kappa shape index (κ3) is 3.15. The molecule has 0 amide bonds. The second kappa shape index (κ2) is 7.24. The van der Waals surface area contributed by atoms with Gasteiger partial charge >= 0.3 is 0 Å². The van der Waals surface area contributed by atoms with Crippen LogP contribution in [0.5, 0.6) is 0 Å². The van der Waals surface area contributed by atoms with Gasteiger partial charge in [0.2, 0.25) is 0 Å². The lowest BCUT2D eigenvalue weighted by atomic mass is 10.1. The lowest BCUT2D eigenvalue weighted by Gasteiger charge is -2.08. The molecule has 4 heteroatoms. The van der Waals surface area contributed by atoms with Gasteiger partial charge < -0.3 is 0 Å². The van der Waals surface area contributed by atoms with Gasteiger partial charge in [0.1, 0.15) is 0 Å². The lowest BCUT2D eigenvalue weighted by Crippen LogP contribution is -2.01. The van der Waals surface area contributed by atoms with E-state index in [0.717, 1.165) is 39.6 Å². The van der Waals surface area contributed by atoms with E-state index in [2.05, 4.69) is 54.5 Å². The van der Waals surface area contributed by atoms with E-state index in [9.17, 15) is 0 Å². The molecule has 0 fully saturated rings. The number of benzene rings is 3. The smallest absolute Gasteiger partial charge is 0.0934 e. The lowest BCUT2D eigenvalue weighted by molar-refractivity contribution is 0.846. The molecule has 0 aliphatic carbocycles. The van der Waals surface area contributed by atoms with Crippen molar-refractivity contribution in [1.82, 2.24) is 19.6 Å². The summed E-state index contributed by atoms with van der Waals surface area (Å²) in [4.78, 5) is 0. The molecule has 5 rings (SSSR count). The Morgan fingerprint density at radius 1 is 0.655 bits per heavy atom. The van der Waals surface area contributed by atoms with Crippen LogP contribution in [0.3, 0.4) is 0 Å². The maximum Gasteiger partial charge on any atom is 0.0934 e. The van der Waals surface area contributed by atoms with E-state index in [-0.39, 0.29) is 0 Å². The summed E-state index contributed by atoms with van der Waals surface area (Å²) in [6, 6.07) is 32.8. The summed E-state index contributed by atoms with van der Waals surface area (Å²) < 4.78 is 3.97. The van der Waals surface area contributed by atoms with Crippen molar-refractivity contribution in [3.05, 3.63) is 109 Å². The fourth-order valence-corrected chi connectivity index (χ4v) is 3.58. The molecule has 4 nitrogen and oxygen atoms in total. The second-order valence-electron chi connectivity index (χ2n) is 6.92. The molecular formula is C25H20N4. The maximum absolute atomic E-state index is 4.93. The third-order valence-corrected chi connectivity index (χ3v) is 5.07. The SMILES string of the molecule is Cc1c(-c2cc(-c3ccccc3)nn2-c2ccccc2)cnn1-c1ccccc1. The topological polar surface area (TPSA) is 35.6 Å². The van der Waals surface area contributed by atoms with Crippen molar-refractivity contribution in [3.8, 4) is 33.9 Å². The van der Waals surface area contributed by atoms with Crippen LogP contribution in [0.4, 0.5) is 0 Å². The first kappa shape index (κ1) is 17.2. The van der Waals surface area contributed by atoms with Crippen molar-refractivity contribution < 1.29 is 0 Å². The number of hydrogen-bond donors (Lipinski definition) is 0. The van der Waals surface area contributed by atoms with Gasteiger partial charge in [-0.25, -0.2) is 9.36 Å². The maximum atomic E-state index is 4.93. The van der Waals surface area contributed by atoms with Crippen molar-refractivity contribution in [2.45, 2.75) is 6.92 Å². The van der Waals surface area contributed by atoms with Crippen molar-refractivity contribution >= 4 is 0 Å². The van der Waals surface area contributed by atoms with E-state index in [1.807, 2.05) is 70.2 Å². The number of nitrogens with zero attached hydrogens (tertiary/aromatic N) is 4.